The molecule has 155 valence electrons. The number of hydrogen-bond donors (Lipinski definition) is 2. The number of hydrogen-bond acceptors (Lipinski definition) is 2. The van der Waals surface area contributed by atoms with Crippen LogP contribution in [0, 0.1) is 18.3 Å². The Bertz CT molecular complexity index is 566. The Hall–Kier alpha value is 0.244. The summed E-state index contributed by atoms with van der Waals surface area (Å²) in [4.78, 5) is 0. The zero-order chi connectivity index (χ0) is 19.3. The summed E-state index contributed by atoms with van der Waals surface area (Å²) in [6.07, 6.45) is 13.3. The van der Waals surface area contributed by atoms with E-state index in [2.05, 4.69) is 38.1 Å². The van der Waals surface area contributed by atoms with Crippen LogP contribution >= 0.6 is 0 Å². The molecular formula is C25H39O2Y-. The van der Waals surface area contributed by atoms with Crippen LogP contribution in [0.25, 0.3) is 0 Å². The molecule has 4 atom stereocenters. The fourth-order valence-electron chi connectivity index (χ4n) is 5.68. The number of unbranched alkanes of at least 4 members (excludes halogenated alkanes) is 3. The van der Waals surface area contributed by atoms with E-state index < -0.39 is 0 Å². The molecular weight excluding hydrogens is 421 g/mol. The van der Waals surface area contributed by atoms with E-state index in [-0.39, 0.29) is 56.3 Å². The number of aliphatic hydroxyl groups excluding tert-OH is 2. The molecule has 2 fully saturated rings. The van der Waals surface area contributed by atoms with Gasteiger partial charge in [0.2, 0.25) is 0 Å². The molecule has 0 aliphatic heterocycles. The van der Waals surface area contributed by atoms with E-state index in [1.54, 1.807) is 0 Å². The monoisotopic (exact) mass is 460 g/mol. The standard InChI is InChI=1S/C25H39O2.Y/c1-3-5-6-7-9-19-14-15-22(26)23(19)20-10-12-21(13-11-20)24(27)25(16-4-2)17-8-18-25;/h10-13,19,22-24,26-27H,1,3-9,14-18H2,2H3;/q-1;/t19-,22+,23-,24?;/m0./s1. The first kappa shape index (κ1) is 24.5. The second kappa shape index (κ2) is 11.6. The van der Waals surface area contributed by atoms with Gasteiger partial charge < -0.3 is 17.1 Å². The van der Waals surface area contributed by atoms with Crippen molar-refractivity contribution in [3.63, 3.8) is 0 Å². The molecule has 0 saturated heterocycles. The molecule has 2 N–H and O–H groups in total. The van der Waals surface area contributed by atoms with Crippen molar-refractivity contribution in [1.29, 1.82) is 0 Å². The SMILES string of the molecule is [CH2-]CCCCC[C@H]1CC[C@@H](O)[C@@H]1c1ccc(C(O)C2(CCC)CCC2)cc1.[Y]. The maximum atomic E-state index is 11.0. The van der Waals surface area contributed by atoms with Gasteiger partial charge in [-0.3, -0.25) is 0 Å². The quantitative estimate of drug-likeness (QED) is 0.317. The van der Waals surface area contributed by atoms with Crippen LogP contribution in [0.2, 0.25) is 0 Å². The van der Waals surface area contributed by atoms with Gasteiger partial charge in [0.05, 0.1) is 12.2 Å². The zero-order valence-electron chi connectivity index (χ0n) is 17.8. The summed E-state index contributed by atoms with van der Waals surface area (Å²) in [5.74, 6) is 0.864. The molecule has 1 aromatic carbocycles. The van der Waals surface area contributed by atoms with Crippen molar-refractivity contribution in [2.45, 2.75) is 102 Å². The minimum atomic E-state index is -0.341. The molecule has 0 bridgehead atoms. The molecule has 2 nitrogen and oxygen atoms in total. The molecule has 0 heterocycles. The van der Waals surface area contributed by atoms with E-state index in [9.17, 15) is 10.2 Å². The number of aliphatic hydroxyl groups is 2. The first-order valence-corrected chi connectivity index (χ1v) is 11.4. The van der Waals surface area contributed by atoms with E-state index in [1.165, 1.54) is 37.7 Å². The minimum absolute atomic E-state index is 0. The maximum Gasteiger partial charge on any atom is 0.0846 e. The van der Waals surface area contributed by atoms with Gasteiger partial charge in [-0.2, -0.15) is 6.42 Å². The van der Waals surface area contributed by atoms with Gasteiger partial charge in [0.15, 0.2) is 0 Å². The van der Waals surface area contributed by atoms with Crippen molar-refractivity contribution in [3.05, 3.63) is 42.3 Å². The molecule has 2 aliphatic carbocycles. The molecule has 0 amide bonds. The third-order valence-corrected chi connectivity index (χ3v) is 7.39. The second-order valence-electron chi connectivity index (χ2n) is 9.17. The van der Waals surface area contributed by atoms with Crippen molar-refractivity contribution < 1.29 is 42.9 Å². The predicted molar refractivity (Wildman–Crippen MR) is 113 cm³/mol. The van der Waals surface area contributed by atoms with Crippen molar-refractivity contribution in [2.75, 3.05) is 0 Å². The van der Waals surface area contributed by atoms with Gasteiger partial charge in [0, 0.05) is 44.0 Å². The van der Waals surface area contributed by atoms with Gasteiger partial charge in [-0.25, -0.2) is 0 Å². The van der Waals surface area contributed by atoms with E-state index in [1.807, 2.05) is 0 Å². The smallest absolute Gasteiger partial charge is 0.0846 e. The predicted octanol–water partition coefficient (Wildman–Crippen LogP) is 6.33. The van der Waals surface area contributed by atoms with E-state index in [0.717, 1.165) is 50.5 Å². The topological polar surface area (TPSA) is 40.5 Å². The minimum Gasteiger partial charge on any atom is -0.392 e. The molecule has 3 rings (SSSR count). The fraction of sp³-hybridized carbons (Fsp3) is 0.720. The first-order chi connectivity index (χ1) is 13.1. The molecule has 1 unspecified atom stereocenters. The largest absolute Gasteiger partial charge is 0.392 e. The molecule has 0 aromatic heterocycles. The molecule has 1 radical (unpaired) electrons. The third kappa shape index (κ3) is 5.48. The van der Waals surface area contributed by atoms with Crippen molar-refractivity contribution in [3.8, 4) is 0 Å². The Morgan fingerprint density at radius 3 is 2.39 bits per heavy atom. The Morgan fingerprint density at radius 2 is 1.82 bits per heavy atom. The molecule has 0 spiro atoms. The van der Waals surface area contributed by atoms with Crippen LogP contribution in [0.1, 0.15) is 107 Å². The van der Waals surface area contributed by atoms with Gasteiger partial charge in [-0.15, -0.1) is 0 Å². The van der Waals surface area contributed by atoms with Crippen molar-refractivity contribution >= 4 is 0 Å². The normalized spacial score (nSPS) is 27.1. The average molecular weight is 460 g/mol. The van der Waals surface area contributed by atoms with Gasteiger partial charge in [-0.05, 0) is 55.6 Å². The second-order valence-corrected chi connectivity index (χ2v) is 9.17. The molecule has 1 aromatic rings. The van der Waals surface area contributed by atoms with Crippen LogP contribution < -0.4 is 0 Å². The number of benzene rings is 1. The van der Waals surface area contributed by atoms with Crippen LogP contribution in [-0.4, -0.2) is 16.3 Å². The van der Waals surface area contributed by atoms with E-state index >= 15 is 0 Å². The van der Waals surface area contributed by atoms with Gasteiger partial charge in [-0.1, -0.05) is 63.3 Å². The third-order valence-electron chi connectivity index (χ3n) is 7.39. The first-order valence-electron chi connectivity index (χ1n) is 11.4. The summed E-state index contributed by atoms with van der Waals surface area (Å²) >= 11 is 0. The fourth-order valence-corrected chi connectivity index (χ4v) is 5.68. The summed E-state index contributed by atoms with van der Waals surface area (Å²) in [5.41, 5.74) is 2.43. The van der Waals surface area contributed by atoms with Crippen LogP contribution in [0.5, 0.6) is 0 Å². The molecule has 3 heteroatoms. The van der Waals surface area contributed by atoms with Crippen LogP contribution in [0.3, 0.4) is 0 Å². The van der Waals surface area contributed by atoms with Crippen molar-refractivity contribution in [1.82, 2.24) is 0 Å². The number of rotatable bonds is 10. The summed E-state index contributed by atoms with van der Waals surface area (Å²) in [7, 11) is 0. The Labute approximate surface area is 197 Å². The summed E-state index contributed by atoms with van der Waals surface area (Å²) < 4.78 is 0. The molecule has 2 saturated carbocycles. The molecule has 2 aliphatic rings. The van der Waals surface area contributed by atoms with E-state index in [4.69, 9.17) is 0 Å². The Balaban J connectivity index is 0.00000280. The van der Waals surface area contributed by atoms with Crippen LogP contribution in [-0.2, 0) is 32.7 Å². The Morgan fingerprint density at radius 1 is 1.11 bits per heavy atom. The van der Waals surface area contributed by atoms with Gasteiger partial charge in [0.1, 0.15) is 0 Å². The van der Waals surface area contributed by atoms with Gasteiger partial charge in [0.25, 0.3) is 0 Å². The molecule has 28 heavy (non-hydrogen) atoms. The summed E-state index contributed by atoms with van der Waals surface area (Å²) in [6, 6.07) is 8.61. The zero-order valence-corrected chi connectivity index (χ0v) is 20.6. The maximum absolute atomic E-state index is 11.0. The summed E-state index contributed by atoms with van der Waals surface area (Å²) in [5, 5.41) is 21.6. The van der Waals surface area contributed by atoms with E-state index in [0.29, 0.717) is 5.92 Å². The Kier molecular flexibility index (Phi) is 10.1. The summed E-state index contributed by atoms with van der Waals surface area (Å²) in [6.45, 7) is 6.15. The average Bonchev–Trinajstić information content (AvgIpc) is 3.02. The van der Waals surface area contributed by atoms with Crippen molar-refractivity contribution in [2.24, 2.45) is 11.3 Å². The van der Waals surface area contributed by atoms with Gasteiger partial charge >= 0.3 is 0 Å². The van der Waals surface area contributed by atoms with Crippen LogP contribution in [0.15, 0.2) is 24.3 Å². The van der Waals surface area contributed by atoms with Crippen LogP contribution in [0.4, 0.5) is 0 Å².